The number of nitrogens with one attached hydrogen (secondary N) is 1. The van der Waals surface area contributed by atoms with Crippen LogP contribution in [0.15, 0.2) is 107 Å². The number of halogens is 3. The van der Waals surface area contributed by atoms with Gasteiger partial charge in [-0.15, -0.1) is 0 Å². The van der Waals surface area contributed by atoms with E-state index in [1.165, 1.54) is 19.1 Å². The lowest BCUT2D eigenvalue weighted by Gasteiger charge is -2.45. The van der Waals surface area contributed by atoms with Gasteiger partial charge in [-0.25, -0.2) is 0 Å². The van der Waals surface area contributed by atoms with E-state index in [4.69, 9.17) is 0 Å². The number of carbonyl (C=O) groups excluding carboxylic acids is 1. The van der Waals surface area contributed by atoms with Crippen LogP contribution in [0.2, 0.25) is 0 Å². The number of ketones is 1. The predicted molar refractivity (Wildman–Crippen MR) is 118 cm³/mol. The van der Waals surface area contributed by atoms with E-state index in [2.05, 4.69) is 10.1 Å². The summed E-state index contributed by atoms with van der Waals surface area (Å²) in [7, 11) is 0. The molecule has 0 atom stereocenters. The molecule has 31 heavy (non-hydrogen) atoms. The summed E-state index contributed by atoms with van der Waals surface area (Å²) < 4.78 is 42.8. The van der Waals surface area contributed by atoms with Crippen molar-refractivity contribution in [2.45, 2.75) is 13.1 Å². The molecule has 0 aliphatic carbocycles. The third-order valence-electron chi connectivity index (χ3n) is 5.46. The fraction of sp³-hybridized carbons (Fsp3) is 0.0833. The number of hydrogen-bond donors (Lipinski definition) is 1. The highest BCUT2D eigenvalue weighted by Gasteiger charge is 2.45. The Bertz CT molecular complexity index is 1120. The van der Waals surface area contributed by atoms with Crippen LogP contribution in [0.25, 0.3) is 0 Å². The number of nitrogens with zero attached hydrogens (tertiary/aromatic N) is 1. The molecule has 0 radical (unpaired) electrons. The van der Waals surface area contributed by atoms with Gasteiger partial charge in [0.2, 0.25) is 0 Å². The Labute approximate surface area is 178 Å². The molecule has 0 unspecified atom stereocenters. The third-order valence-corrected chi connectivity index (χ3v) is 5.46. The first-order valence-electron chi connectivity index (χ1n) is 9.85. The molecule has 0 spiro atoms. The van der Waals surface area contributed by atoms with E-state index in [-0.39, 0.29) is 11.3 Å². The van der Waals surface area contributed by atoms with Crippen molar-refractivity contribution in [1.29, 1.82) is 0 Å². The minimum Gasteiger partial charge on any atom is -0.535 e. The summed E-state index contributed by atoms with van der Waals surface area (Å²) >= 11 is 0. The molecule has 4 rings (SSSR count). The van der Waals surface area contributed by atoms with Gasteiger partial charge in [-0.1, -0.05) is 91.0 Å². The van der Waals surface area contributed by atoms with Crippen molar-refractivity contribution >= 4 is 28.8 Å². The first-order valence-corrected chi connectivity index (χ1v) is 9.85. The first-order chi connectivity index (χ1) is 14.8. The van der Waals surface area contributed by atoms with Crippen molar-refractivity contribution < 1.29 is 18.0 Å². The topological polar surface area (TPSA) is 41.5 Å². The molecule has 0 saturated heterocycles. The highest BCUT2D eigenvalue weighted by molar-refractivity contribution is 7.00. The molecule has 7 heteroatoms. The van der Waals surface area contributed by atoms with E-state index < -0.39 is 29.7 Å². The second-order valence-electron chi connectivity index (χ2n) is 7.46. The van der Waals surface area contributed by atoms with Gasteiger partial charge in [-0.3, -0.25) is 4.79 Å². The minimum absolute atomic E-state index is 0.142. The van der Waals surface area contributed by atoms with Crippen LogP contribution in [-0.4, -0.2) is 24.1 Å². The Morgan fingerprint density at radius 1 is 0.806 bits per heavy atom. The van der Waals surface area contributed by atoms with Crippen molar-refractivity contribution in [2.75, 3.05) is 0 Å². The minimum atomic E-state index is -4.81. The average molecular weight is 419 g/mol. The fourth-order valence-corrected chi connectivity index (χ4v) is 4.05. The molecule has 3 aromatic carbocycles. The summed E-state index contributed by atoms with van der Waals surface area (Å²) in [4.78, 5) is 17.3. The molecule has 3 nitrogen and oxygen atoms in total. The van der Waals surface area contributed by atoms with Crippen LogP contribution < -0.4 is 16.2 Å². The van der Waals surface area contributed by atoms with Crippen LogP contribution in [0.5, 0.6) is 0 Å². The van der Waals surface area contributed by atoms with Crippen molar-refractivity contribution in [3.05, 3.63) is 108 Å². The maximum Gasteiger partial charge on any atom is 0.429 e. The number of carbonyl (C=O) groups is 1. The maximum atomic E-state index is 14.3. The van der Waals surface area contributed by atoms with Crippen LogP contribution in [0, 0.1) is 0 Å². The van der Waals surface area contributed by atoms with Crippen molar-refractivity contribution in [1.82, 2.24) is 5.23 Å². The first kappa shape index (κ1) is 20.7. The molecule has 0 amide bonds. The van der Waals surface area contributed by atoms with E-state index >= 15 is 0 Å². The number of allylic oxidation sites excluding steroid dienone is 2. The van der Waals surface area contributed by atoms with Gasteiger partial charge >= 0.3 is 6.18 Å². The van der Waals surface area contributed by atoms with Gasteiger partial charge in [-0.2, -0.15) is 24.1 Å². The molecule has 0 aromatic heterocycles. The highest BCUT2D eigenvalue weighted by Crippen LogP contribution is 2.30. The van der Waals surface area contributed by atoms with Crippen LogP contribution in [0.1, 0.15) is 17.3 Å². The average Bonchev–Trinajstić information content (AvgIpc) is 2.79. The summed E-state index contributed by atoms with van der Waals surface area (Å²) in [5, 5.41) is 3.20. The van der Waals surface area contributed by atoms with Crippen LogP contribution in [-0.2, 0) is 0 Å². The monoisotopic (exact) mass is 419 g/mol. The van der Waals surface area contributed by atoms with Crippen molar-refractivity contribution in [3.63, 3.8) is 0 Å². The Balaban J connectivity index is 1.96. The van der Waals surface area contributed by atoms with Crippen LogP contribution >= 0.6 is 0 Å². The molecule has 0 fully saturated rings. The molecular weight excluding hydrogens is 400 g/mol. The van der Waals surface area contributed by atoms with Gasteiger partial charge in [-0.05, 0) is 12.6 Å². The van der Waals surface area contributed by atoms with E-state index in [9.17, 15) is 18.0 Å². The molecule has 3 aromatic rings. The quantitative estimate of drug-likeness (QED) is 0.513. The normalized spacial score (nSPS) is 15.8. The Morgan fingerprint density at radius 3 is 1.71 bits per heavy atom. The van der Waals surface area contributed by atoms with E-state index in [0.717, 1.165) is 0 Å². The van der Waals surface area contributed by atoms with Crippen LogP contribution in [0.4, 0.5) is 13.2 Å². The van der Waals surface area contributed by atoms with E-state index in [0.29, 0.717) is 10.9 Å². The lowest BCUT2D eigenvalue weighted by Crippen LogP contribution is -2.70. The van der Waals surface area contributed by atoms with Crippen molar-refractivity contribution in [2.24, 2.45) is 4.90 Å². The highest BCUT2D eigenvalue weighted by atomic mass is 19.4. The Morgan fingerprint density at radius 2 is 1.26 bits per heavy atom. The largest absolute Gasteiger partial charge is 0.535 e. The van der Waals surface area contributed by atoms with E-state index in [1.54, 1.807) is 78.9 Å². The molecule has 156 valence electrons. The summed E-state index contributed by atoms with van der Waals surface area (Å²) in [5.41, 5.74) is -0.103. The zero-order chi connectivity index (χ0) is 22.1. The third kappa shape index (κ3) is 3.79. The van der Waals surface area contributed by atoms with Gasteiger partial charge in [0.1, 0.15) is 5.71 Å². The van der Waals surface area contributed by atoms with Crippen LogP contribution in [0.3, 0.4) is 0 Å². The number of Topliss-reactive ketones (excluding diaryl/α,β-unsaturated/α-hetero) is 1. The predicted octanol–water partition coefficient (Wildman–Crippen LogP) is 4.01. The lowest BCUT2D eigenvalue weighted by molar-refractivity contribution is -0.0582. The number of alkyl halides is 3. The molecule has 1 N–H and O–H groups in total. The second kappa shape index (κ2) is 7.91. The van der Waals surface area contributed by atoms with E-state index in [1.807, 2.05) is 0 Å². The zero-order valence-electron chi connectivity index (χ0n) is 16.7. The standard InChI is InChI=1S/C24H19BF3N2O/c1-17-21(22(31)18-11-5-2-6-12-18)23(24(26,27)28)30-25(29-17,19-13-7-3-8-14-19)20-15-9-4-10-16-20/h2-16,29H,1H3/q-1. The molecular formula is C24H19BF3N2O-. The lowest BCUT2D eigenvalue weighted by atomic mass is 9.37. The maximum absolute atomic E-state index is 14.3. The molecule has 0 saturated carbocycles. The molecule has 0 bridgehead atoms. The summed E-state index contributed by atoms with van der Waals surface area (Å²) in [6.07, 6.45) is -7.19. The number of hydrogen-bond acceptors (Lipinski definition) is 3. The number of rotatable bonds is 4. The zero-order valence-corrected chi connectivity index (χ0v) is 16.7. The SMILES string of the molecule is CC1=C(C(=O)c2ccccc2)C(C(F)(F)F)=N[B-](c2ccccc2)(c2ccccc2)N1. The van der Waals surface area contributed by atoms with Gasteiger partial charge < -0.3 is 10.1 Å². The van der Waals surface area contributed by atoms with Gasteiger partial charge in [0, 0.05) is 5.56 Å². The Kier molecular flexibility index (Phi) is 5.27. The summed E-state index contributed by atoms with van der Waals surface area (Å²) in [6.45, 7) is 1.50. The molecule has 1 aliphatic rings. The second-order valence-corrected chi connectivity index (χ2v) is 7.46. The van der Waals surface area contributed by atoms with Crippen molar-refractivity contribution in [3.8, 4) is 0 Å². The summed E-state index contributed by atoms with van der Waals surface area (Å²) in [6, 6.07) is 25.5. The summed E-state index contributed by atoms with van der Waals surface area (Å²) in [5.74, 6) is -0.716. The van der Waals surface area contributed by atoms with Gasteiger partial charge in [0.15, 0.2) is 5.78 Å². The Hall–Kier alpha value is -3.61. The fourth-order valence-electron chi connectivity index (χ4n) is 4.05. The molecule has 1 aliphatic heterocycles. The van der Waals surface area contributed by atoms with Gasteiger partial charge in [0.05, 0.1) is 5.57 Å². The van der Waals surface area contributed by atoms with Gasteiger partial charge in [0.25, 0.3) is 6.42 Å². The molecule has 1 heterocycles. The number of benzene rings is 3. The smallest absolute Gasteiger partial charge is 0.429 e.